The van der Waals surface area contributed by atoms with E-state index < -0.39 is 0 Å². The van der Waals surface area contributed by atoms with Gasteiger partial charge in [-0.1, -0.05) is 6.92 Å². The second-order valence-corrected chi connectivity index (χ2v) is 6.40. The zero-order chi connectivity index (χ0) is 17.5. The number of aryl methyl sites for hydroxylation is 2. The highest BCUT2D eigenvalue weighted by Crippen LogP contribution is 2.10. The first-order chi connectivity index (χ1) is 11.5. The number of piperazine rings is 1. The molecule has 0 spiro atoms. The fourth-order valence-electron chi connectivity index (χ4n) is 3.13. The minimum atomic E-state index is 0. The zero-order valence-corrected chi connectivity index (χ0v) is 18.6. The second kappa shape index (κ2) is 11.0. The van der Waals surface area contributed by atoms with Crippen LogP contribution in [-0.4, -0.2) is 78.4 Å². The van der Waals surface area contributed by atoms with Gasteiger partial charge in [0.2, 0.25) is 0 Å². The molecule has 1 fully saturated rings. The summed E-state index contributed by atoms with van der Waals surface area (Å²) in [5.41, 5.74) is 3.52. The molecule has 1 aromatic heterocycles. The van der Waals surface area contributed by atoms with Gasteiger partial charge in [0.1, 0.15) is 0 Å². The number of aromatic nitrogens is 2. The van der Waals surface area contributed by atoms with Crippen molar-refractivity contribution in [3.05, 3.63) is 17.0 Å². The average Bonchev–Trinajstić information content (AvgIpc) is 2.84. The van der Waals surface area contributed by atoms with Gasteiger partial charge < -0.3 is 15.5 Å². The van der Waals surface area contributed by atoms with Gasteiger partial charge >= 0.3 is 0 Å². The maximum Gasteiger partial charge on any atom is 0.191 e. The van der Waals surface area contributed by atoms with Crippen LogP contribution < -0.4 is 10.6 Å². The Labute approximate surface area is 169 Å². The van der Waals surface area contributed by atoms with Crippen LogP contribution in [-0.2, 0) is 13.6 Å². The number of nitrogens with one attached hydrogen (secondary N) is 2. The highest BCUT2D eigenvalue weighted by atomic mass is 127. The number of nitrogens with zero attached hydrogens (tertiary/aromatic N) is 5. The molecule has 8 heteroatoms. The molecule has 2 rings (SSSR count). The van der Waals surface area contributed by atoms with Crippen LogP contribution in [0.5, 0.6) is 0 Å². The Balaban J connectivity index is 0.00000312. The highest BCUT2D eigenvalue weighted by Gasteiger charge is 2.15. The van der Waals surface area contributed by atoms with Crippen LogP contribution in [0.25, 0.3) is 0 Å². The quantitative estimate of drug-likeness (QED) is 0.374. The first-order valence-electron chi connectivity index (χ1n) is 8.93. The molecule has 0 unspecified atom stereocenters. The largest absolute Gasteiger partial charge is 0.355 e. The Morgan fingerprint density at radius 2 is 1.76 bits per heavy atom. The number of hydrogen-bond acceptors (Lipinski definition) is 4. The summed E-state index contributed by atoms with van der Waals surface area (Å²) in [6, 6.07) is 0. The van der Waals surface area contributed by atoms with Crippen molar-refractivity contribution in [2.75, 3.05) is 52.9 Å². The van der Waals surface area contributed by atoms with E-state index in [-0.39, 0.29) is 24.0 Å². The van der Waals surface area contributed by atoms with Gasteiger partial charge in [-0.25, -0.2) is 0 Å². The Bertz CT molecular complexity index is 547. The zero-order valence-electron chi connectivity index (χ0n) is 16.3. The molecule has 2 N–H and O–H groups in total. The third-order valence-electron chi connectivity index (χ3n) is 4.95. The van der Waals surface area contributed by atoms with Crippen molar-refractivity contribution in [1.29, 1.82) is 0 Å². The second-order valence-electron chi connectivity index (χ2n) is 6.40. The van der Waals surface area contributed by atoms with Crippen molar-refractivity contribution in [2.45, 2.75) is 27.3 Å². The van der Waals surface area contributed by atoms with E-state index in [0.717, 1.165) is 50.9 Å². The number of rotatable bonds is 6. The molecule has 0 bridgehead atoms. The van der Waals surface area contributed by atoms with Gasteiger partial charge in [-0.15, -0.1) is 24.0 Å². The molecule has 0 amide bonds. The van der Waals surface area contributed by atoms with Gasteiger partial charge in [0.25, 0.3) is 0 Å². The first-order valence-corrected chi connectivity index (χ1v) is 8.93. The third kappa shape index (κ3) is 6.41. The monoisotopic (exact) mass is 463 g/mol. The van der Waals surface area contributed by atoms with Gasteiger partial charge in [0, 0.05) is 71.2 Å². The maximum atomic E-state index is 4.46. The Morgan fingerprint density at radius 3 is 2.28 bits per heavy atom. The molecule has 0 aliphatic carbocycles. The summed E-state index contributed by atoms with van der Waals surface area (Å²) in [5.74, 6) is 0.852. The lowest BCUT2D eigenvalue weighted by atomic mass is 10.2. The molecule has 1 aromatic rings. The van der Waals surface area contributed by atoms with Crippen LogP contribution in [0.1, 0.15) is 23.9 Å². The molecule has 0 atom stereocenters. The number of aliphatic imine (C=N–C) groups is 1. The van der Waals surface area contributed by atoms with Crippen molar-refractivity contribution < 1.29 is 0 Å². The predicted molar refractivity (Wildman–Crippen MR) is 115 cm³/mol. The lowest BCUT2D eigenvalue weighted by Crippen LogP contribution is -2.49. The van der Waals surface area contributed by atoms with E-state index in [1.54, 1.807) is 0 Å². The molecular weight excluding hydrogens is 429 g/mol. The average molecular weight is 463 g/mol. The van der Waals surface area contributed by atoms with Crippen LogP contribution in [0.2, 0.25) is 0 Å². The predicted octanol–water partition coefficient (Wildman–Crippen LogP) is 0.957. The van der Waals surface area contributed by atoms with Gasteiger partial charge in [-0.3, -0.25) is 14.6 Å². The summed E-state index contributed by atoms with van der Waals surface area (Å²) >= 11 is 0. The standard InChI is InChI=1S/C17H33N7.HI/c1-6-23-9-11-24(12-10-23)8-7-19-17(18-4)20-13-16-14(2)21-22(5)15(16)3;/h6-13H2,1-5H3,(H2,18,19,20);1H. The van der Waals surface area contributed by atoms with E-state index in [0.29, 0.717) is 0 Å². The molecule has 2 heterocycles. The fourth-order valence-corrected chi connectivity index (χ4v) is 3.13. The van der Waals surface area contributed by atoms with Crippen molar-refractivity contribution in [2.24, 2.45) is 12.0 Å². The summed E-state index contributed by atoms with van der Waals surface area (Å²) in [4.78, 5) is 9.34. The van der Waals surface area contributed by atoms with E-state index in [2.05, 4.69) is 51.3 Å². The van der Waals surface area contributed by atoms with E-state index in [1.807, 2.05) is 18.8 Å². The van der Waals surface area contributed by atoms with Crippen LogP contribution >= 0.6 is 24.0 Å². The van der Waals surface area contributed by atoms with E-state index in [1.165, 1.54) is 24.3 Å². The van der Waals surface area contributed by atoms with E-state index in [9.17, 15) is 0 Å². The molecule has 144 valence electrons. The van der Waals surface area contributed by atoms with Gasteiger partial charge in [-0.2, -0.15) is 5.10 Å². The van der Waals surface area contributed by atoms with Gasteiger partial charge in [0.05, 0.1) is 5.69 Å². The number of hydrogen-bond donors (Lipinski definition) is 2. The topological polar surface area (TPSA) is 60.7 Å². The molecule has 0 radical (unpaired) electrons. The van der Waals surface area contributed by atoms with Gasteiger partial charge in [0.15, 0.2) is 5.96 Å². The Morgan fingerprint density at radius 1 is 1.12 bits per heavy atom. The fraction of sp³-hybridized carbons (Fsp3) is 0.765. The number of guanidine groups is 1. The van der Waals surface area contributed by atoms with Crippen LogP contribution in [0.4, 0.5) is 0 Å². The number of likely N-dealkylation sites (N-methyl/N-ethyl adjacent to an activating group) is 1. The first kappa shape index (κ1) is 22.2. The Hall–Kier alpha value is -0.870. The Kier molecular flexibility index (Phi) is 9.73. The van der Waals surface area contributed by atoms with E-state index >= 15 is 0 Å². The summed E-state index contributed by atoms with van der Waals surface area (Å²) < 4.78 is 1.93. The minimum Gasteiger partial charge on any atom is -0.355 e. The number of halogens is 1. The molecule has 0 saturated carbocycles. The maximum absolute atomic E-state index is 4.46. The van der Waals surface area contributed by atoms with E-state index in [4.69, 9.17) is 0 Å². The summed E-state index contributed by atoms with van der Waals surface area (Å²) in [6.45, 7) is 15.0. The third-order valence-corrected chi connectivity index (χ3v) is 4.95. The smallest absolute Gasteiger partial charge is 0.191 e. The van der Waals surface area contributed by atoms with Crippen molar-refractivity contribution >= 4 is 29.9 Å². The van der Waals surface area contributed by atoms with Crippen molar-refractivity contribution in [3.8, 4) is 0 Å². The lowest BCUT2D eigenvalue weighted by molar-refractivity contribution is 0.139. The van der Waals surface area contributed by atoms with Crippen molar-refractivity contribution in [3.63, 3.8) is 0 Å². The van der Waals surface area contributed by atoms with Crippen LogP contribution in [0.3, 0.4) is 0 Å². The lowest BCUT2D eigenvalue weighted by Gasteiger charge is -2.34. The molecule has 7 nitrogen and oxygen atoms in total. The highest BCUT2D eigenvalue weighted by molar-refractivity contribution is 14.0. The van der Waals surface area contributed by atoms with Crippen LogP contribution in [0.15, 0.2) is 4.99 Å². The normalized spacial score (nSPS) is 16.6. The molecule has 25 heavy (non-hydrogen) atoms. The van der Waals surface area contributed by atoms with Crippen LogP contribution in [0, 0.1) is 13.8 Å². The summed E-state index contributed by atoms with van der Waals surface area (Å²) in [5, 5.41) is 11.3. The van der Waals surface area contributed by atoms with Gasteiger partial charge in [-0.05, 0) is 20.4 Å². The molecule has 1 aliphatic rings. The molecular formula is C17H34IN7. The van der Waals surface area contributed by atoms with Crippen molar-refractivity contribution in [1.82, 2.24) is 30.2 Å². The SMILES string of the molecule is CCN1CCN(CCNC(=NC)NCc2c(C)nn(C)c2C)CC1.I. The minimum absolute atomic E-state index is 0. The summed E-state index contributed by atoms with van der Waals surface area (Å²) in [7, 11) is 3.80. The summed E-state index contributed by atoms with van der Waals surface area (Å²) in [6.07, 6.45) is 0. The molecule has 0 aromatic carbocycles. The molecule has 1 saturated heterocycles. The molecule has 1 aliphatic heterocycles.